The number of hydrogen-bond donors (Lipinski definition) is 0. The number of fused-ring (bicyclic) bond motifs is 1. The molecule has 0 radical (unpaired) electrons. The van der Waals surface area contributed by atoms with Crippen molar-refractivity contribution in [2.24, 2.45) is 0 Å². The molecule has 2 aromatic rings. The first-order chi connectivity index (χ1) is 17.0. The van der Waals surface area contributed by atoms with Crippen LogP contribution in [0.15, 0.2) is 52.9 Å². The Morgan fingerprint density at radius 1 is 1.14 bits per heavy atom. The summed E-state index contributed by atoms with van der Waals surface area (Å²) in [5.74, 6) is -0.712. The van der Waals surface area contributed by atoms with Gasteiger partial charge in [-0.2, -0.15) is 0 Å². The van der Waals surface area contributed by atoms with Crippen molar-refractivity contribution in [1.29, 1.82) is 0 Å². The maximum absolute atomic E-state index is 14.1. The molecule has 1 aliphatic carbocycles. The first-order valence-corrected chi connectivity index (χ1v) is 13.0. The number of allylic oxidation sites excluding steroid dienone is 3. The predicted molar refractivity (Wildman–Crippen MR) is 133 cm³/mol. The molecule has 1 aliphatic rings. The Kier molecular flexibility index (Phi) is 8.93. The van der Waals surface area contributed by atoms with Crippen molar-refractivity contribution in [3.8, 4) is 0 Å². The van der Waals surface area contributed by atoms with Crippen molar-refractivity contribution < 1.29 is 33.2 Å². The number of hydrogen-bond acceptors (Lipinski definition) is 9. The predicted octanol–water partition coefficient (Wildman–Crippen LogP) is 4.33. The van der Waals surface area contributed by atoms with Crippen molar-refractivity contribution in [3.63, 3.8) is 0 Å². The van der Waals surface area contributed by atoms with Crippen LogP contribution in [0.25, 0.3) is 17.2 Å². The maximum Gasteiger partial charge on any atom is 0.294 e. The fourth-order valence-electron chi connectivity index (χ4n) is 3.66. The van der Waals surface area contributed by atoms with Gasteiger partial charge in [0.15, 0.2) is 5.12 Å². The molecule has 2 unspecified atom stereocenters. The Balaban J connectivity index is 1.82. The Morgan fingerprint density at radius 2 is 1.83 bits per heavy atom. The second-order valence-electron chi connectivity index (χ2n) is 7.70. The van der Waals surface area contributed by atoms with E-state index in [0.717, 1.165) is 22.3 Å². The summed E-state index contributed by atoms with van der Waals surface area (Å²) >= 11 is 0.708. The minimum absolute atomic E-state index is 0.0979. The van der Waals surface area contributed by atoms with Crippen molar-refractivity contribution in [3.05, 3.63) is 90.8 Å². The van der Waals surface area contributed by atoms with E-state index in [0.29, 0.717) is 27.8 Å². The third-order valence-corrected chi connectivity index (χ3v) is 7.27. The van der Waals surface area contributed by atoms with Gasteiger partial charge in [0.25, 0.3) is 10.2 Å². The molecule has 0 heterocycles. The lowest BCUT2D eigenvalue weighted by Crippen LogP contribution is -2.27. The van der Waals surface area contributed by atoms with Gasteiger partial charge in [0.1, 0.15) is 18.5 Å². The smallest absolute Gasteiger partial charge is 0.294 e. The van der Waals surface area contributed by atoms with Gasteiger partial charge >= 0.3 is 0 Å². The second kappa shape index (κ2) is 11.9. The molecule has 2 aromatic carbocycles. The lowest BCUT2D eigenvalue weighted by Gasteiger charge is -2.13. The fraction of sp³-hybridized carbons (Fsp3) is 0.261. The molecule has 0 saturated carbocycles. The van der Waals surface area contributed by atoms with Crippen molar-refractivity contribution in [1.82, 2.24) is 0 Å². The standard InChI is InChI=1S/C23H21FN2O8S2/c1-14-20(9-15-3-6-18(7-4-15)36(2)32)19-8-5-16(24)10-22(19)21(14)11-23(27)35-13-17(34-26(30)31)12-33-25(28)29/h3-10,17H,11-13H2,1-2H3/b20-9-. The lowest BCUT2D eigenvalue weighted by molar-refractivity contribution is -0.788. The molecule has 10 nitrogen and oxygen atoms in total. The molecule has 0 N–H and O–H groups in total. The minimum Gasteiger partial charge on any atom is -0.312 e. The summed E-state index contributed by atoms with van der Waals surface area (Å²) in [5, 5.41) is 18.4. The summed E-state index contributed by atoms with van der Waals surface area (Å²) in [7, 11) is -1.11. The average Bonchev–Trinajstić information content (AvgIpc) is 3.06. The van der Waals surface area contributed by atoms with E-state index in [1.165, 1.54) is 12.1 Å². The van der Waals surface area contributed by atoms with E-state index in [1.54, 1.807) is 24.5 Å². The van der Waals surface area contributed by atoms with Gasteiger partial charge in [-0.3, -0.25) is 9.00 Å². The van der Waals surface area contributed by atoms with E-state index < -0.39 is 39.5 Å². The highest BCUT2D eigenvalue weighted by atomic mass is 32.2. The second-order valence-corrected chi connectivity index (χ2v) is 10.2. The number of nitrogens with zero attached hydrogens (tertiary/aromatic N) is 2. The molecule has 0 bridgehead atoms. The van der Waals surface area contributed by atoms with Crippen LogP contribution >= 0.6 is 11.8 Å². The van der Waals surface area contributed by atoms with E-state index in [4.69, 9.17) is 0 Å². The zero-order chi connectivity index (χ0) is 26.4. The van der Waals surface area contributed by atoms with Gasteiger partial charge in [-0.05, 0) is 70.7 Å². The summed E-state index contributed by atoms with van der Waals surface area (Å²) < 4.78 is 25.7. The van der Waals surface area contributed by atoms with Crippen LogP contribution < -0.4 is 0 Å². The van der Waals surface area contributed by atoms with Gasteiger partial charge in [-0.15, -0.1) is 20.2 Å². The highest BCUT2D eigenvalue weighted by Crippen LogP contribution is 2.44. The molecule has 0 aromatic heterocycles. The molecule has 0 amide bonds. The maximum atomic E-state index is 14.1. The summed E-state index contributed by atoms with van der Waals surface area (Å²) in [4.78, 5) is 42.9. The normalized spacial score (nSPS) is 15.4. The Hall–Kier alpha value is -3.58. The number of rotatable bonds is 11. The Labute approximate surface area is 211 Å². The van der Waals surface area contributed by atoms with Crippen molar-refractivity contribution in [2.45, 2.75) is 24.3 Å². The van der Waals surface area contributed by atoms with E-state index in [1.807, 2.05) is 25.1 Å². The molecular formula is C23H21FN2O8S2. The summed E-state index contributed by atoms with van der Waals surface area (Å²) in [6, 6.07) is 11.5. The molecular weight excluding hydrogens is 515 g/mol. The van der Waals surface area contributed by atoms with Gasteiger partial charge in [0, 0.05) is 34.1 Å². The number of carbonyl (C=O) groups excluding carboxylic acids is 1. The molecule has 0 aliphatic heterocycles. The van der Waals surface area contributed by atoms with Crippen LogP contribution in [0, 0.1) is 26.0 Å². The SMILES string of the molecule is CC1=C(CC(=O)SCC(CO[N+](=O)[O-])O[N+](=O)[O-])c2cc(F)ccc2/C1=C\c1ccc(S(C)=O)cc1. The highest BCUT2D eigenvalue weighted by molar-refractivity contribution is 8.13. The van der Waals surface area contributed by atoms with Crippen molar-refractivity contribution in [2.75, 3.05) is 18.6 Å². The van der Waals surface area contributed by atoms with Crippen LogP contribution in [-0.2, 0) is 25.3 Å². The third kappa shape index (κ3) is 6.98. The zero-order valence-corrected chi connectivity index (χ0v) is 20.8. The molecule has 0 spiro atoms. The largest absolute Gasteiger partial charge is 0.312 e. The van der Waals surface area contributed by atoms with Gasteiger partial charge < -0.3 is 9.68 Å². The van der Waals surface area contributed by atoms with Gasteiger partial charge in [0.05, 0.1) is 0 Å². The summed E-state index contributed by atoms with van der Waals surface area (Å²) in [5.41, 5.74) is 4.32. The third-order valence-electron chi connectivity index (χ3n) is 5.33. The van der Waals surface area contributed by atoms with E-state index in [-0.39, 0.29) is 17.3 Å². The van der Waals surface area contributed by atoms with Crippen LogP contribution in [0.4, 0.5) is 4.39 Å². The van der Waals surface area contributed by atoms with E-state index in [2.05, 4.69) is 9.68 Å². The molecule has 3 rings (SSSR count). The Morgan fingerprint density at radius 3 is 2.44 bits per heavy atom. The van der Waals surface area contributed by atoms with Crippen molar-refractivity contribution >= 4 is 44.9 Å². The van der Waals surface area contributed by atoms with Gasteiger partial charge in [-0.25, -0.2) is 4.39 Å². The first-order valence-electron chi connectivity index (χ1n) is 10.4. The zero-order valence-electron chi connectivity index (χ0n) is 19.2. The molecule has 2 atom stereocenters. The quantitative estimate of drug-likeness (QED) is 0.303. The molecule has 190 valence electrons. The first kappa shape index (κ1) is 27.0. The minimum atomic E-state index is -1.32. The summed E-state index contributed by atoms with van der Waals surface area (Å²) in [6.07, 6.45) is 2.07. The lowest BCUT2D eigenvalue weighted by atomic mass is 10.0. The number of halogens is 1. The number of carbonyl (C=O) groups is 1. The van der Waals surface area contributed by atoms with Gasteiger partial charge in [0.2, 0.25) is 0 Å². The van der Waals surface area contributed by atoms with Crippen LogP contribution in [0.1, 0.15) is 30.0 Å². The number of thioether (sulfide) groups is 1. The monoisotopic (exact) mass is 536 g/mol. The fourth-order valence-corrected chi connectivity index (χ4v) is 4.95. The van der Waals surface area contributed by atoms with Crippen LogP contribution in [-0.4, -0.2) is 44.2 Å². The number of benzene rings is 2. The molecule has 36 heavy (non-hydrogen) atoms. The van der Waals surface area contributed by atoms with E-state index >= 15 is 0 Å². The molecule has 0 fully saturated rings. The molecule has 13 heteroatoms. The van der Waals surface area contributed by atoms with Crippen LogP contribution in [0.5, 0.6) is 0 Å². The van der Waals surface area contributed by atoms with Crippen LogP contribution in [0.3, 0.4) is 0 Å². The van der Waals surface area contributed by atoms with Crippen LogP contribution in [0.2, 0.25) is 0 Å². The molecule has 0 saturated heterocycles. The topological polar surface area (TPSA) is 139 Å². The van der Waals surface area contributed by atoms with Gasteiger partial charge in [-0.1, -0.05) is 30.0 Å². The highest BCUT2D eigenvalue weighted by Gasteiger charge is 2.26. The summed E-state index contributed by atoms with van der Waals surface area (Å²) in [6.45, 7) is 1.11. The van der Waals surface area contributed by atoms with E-state index in [9.17, 15) is 33.6 Å². The Bertz CT molecular complexity index is 1280. The average molecular weight is 537 g/mol.